The maximum atomic E-state index is 12.3. The van der Waals surface area contributed by atoms with Crippen molar-refractivity contribution < 1.29 is 34.8 Å². The van der Waals surface area contributed by atoms with Crippen LogP contribution in [-0.2, 0) is 30.3 Å². The van der Waals surface area contributed by atoms with Gasteiger partial charge in [0.05, 0.1) is 13.7 Å². The van der Waals surface area contributed by atoms with Crippen LogP contribution >= 0.6 is 0 Å². The molecule has 1 aromatic carbocycles. The average molecular weight is 423 g/mol. The molecule has 0 aliphatic rings. The van der Waals surface area contributed by atoms with Crippen LogP contribution in [0, 0.1) is 5.92 Å². The van der Waals surface area contributed by atoms with Gasteiger partial charge >= 0.3 is 5.97 Å². The number of phenolic OH excluding ortho intramolecular Hbond substituents is 1. The Morgan fingerprint density at radius 2 is 1.63 bits per heavy atom. The third kappa shape index (κ3) is 8.08. The fraction of sp³-hybridized carbons (Fsp3) is 0.500. The van der Waals surface area contributed by atoms with Crippen LogP contribution in [-0.4, -0.2) is 60.6 Å². The van der Waals surface area contributed by atoms with E-state index in [0.29, 0.717) is 6.42 Å². The minimum absolute atomic E-state index is 0.129. The summed E-state index contributed by atoms with van der Waals surface area (Å²) in [6.07, 6.45) is 0.340. The number of methoxy groups -OCH3 is 1. The predicted octanol–water partition coefficient (Wildman–Crippen LogP) is -1.52. The zero-order valence-electron chi connectivity index (χ0n) is 17.7. The molecule has 0 aliphatic heterocycles. The number of carbonyl (C=O) groups is 4. The second kappa shape index (κ2) is 11.8. The molecule has 7 N–H and O–H groups in total. The molecule has 30 heavy (non-hydrogen) atoms. The molecular weight excluding hydrogens is 392 g/mol. The second-order valence-electron chi connectivity index (χ2n) is 7.33. The van der Waals surface area contributed by atoms with E-state index < -0.39 is 41.8 Å². The summed E-state index contributed by atoms with van der Waals surface area (Å²) in [6.45, 7) is 4.65. The van der Waals surface area contributed by atoms with Crippen LogP contribution in [0.1, 0.15) is 26.3 Å². The summed E-state index contributed by atoms with van der Waals surface area (Å²) in [4.78, 5) is 48.1. The summed E-state index contributed by atoms with van der Waals surface area (Å²) < 4.78 is 4.65. The second-order valence-corrected chi connectivity index (χ2v) is 7.33. The fourth-order valence-corrected chi connectivity index (χ4v) is 2.58. The van der Waals surface area contributed by atoms with Crippen molar-refractivity contribution in [3.05, 3.63) is 29.8 Å². The minimum atomic E-state index is -0.879. The highest BCUT2D eigenvalue weighted by atomic mass is 16.5. The highest BCUT2D eigenvalue weighted by molar-refractivity contribution is 5.92. The number of aromatic hydroxyl groups is 1. The first kappa shape index (κ1) is 24.9. The number of ether oxygens (including phenoxy) is 1. The smallest absolute Gasteiger partial charge is 0.328 e. The Labute approximate surface area is 175 Å². The number of carbonyl (C=O) groups excluding carboxylic acids is 4. The summed E-state index contributed by atoms with van der Waals surface area (Å²) in [6, 6.07) is 4.08. The van der Waals surface area contributed by atoms with Crippen LogP contribution in [0.25, 0.3) is 0 Å². The van der Waals surface area contributed by atoms with E-state index in [-0.39, 0.29) is 18.2 Å². The van der Waals surface area contributed by atoms with E-state index >= 15 is 0 Å². The van der Waals surface area contributed by atoms with Gasteiger partial charge in [-0.3, -0.25) is 14.4 Å². The first-order chi connectivity index (χ1) is 14.0. The van der Waals surface area contributed by atoms with Gasteiger partial charge in [-0.05, 0) is 30.5 Å². The number of benzene rings is 1. The quantitative estimate of drug-likeness (QED) is 0.287. The predicted molar refractivity (Wildman–Crippen MR) is 108 cm³/mol. The van der Waals surface area contributed by atoms with Gasteiger partial charge in [0.2, 0.25) is 11.8 Å². The van der Waals surface area contributed by atoms with Gasteiger partial charge in [0, 0.05) is 6.42 Å². The van der Waals surface area contributed by atoms with E-state index in [0.717, 1.165) is 5.56 Å². The molecule has 0 saturated carbocycles. The Kier molecular flexibility index (Phi) is 9.76. The lowest BCUT2D eigenvalue weighted by Gasteiger charge is -2.20. The van der Waals surface area contributed by atoms with Crippen molar-refractivity contribution in [2.75, 3.05) is 13.7 Å². The van der Waals surface area contributed by atoms with Crippen molar-refractivity contribution in [1.82, 2.24) is 16.0 Å². The molecule has 166 valence electrons. The number of nitrogens with one attached hydrogen (secondary N) is 3. The zero-order valence-corrected chi connectivity index (χ0v) is 17.7. The number of rotatable bonds is 10. The van der Waals surface area contributed by atoms with E-state index in [9.17, 15) is 24.3 Å². The largest absolute Gasteiger partial charge is 0.508 e. The SMILES string of the molecule is COC(=O)[C@@H](NC(=O)CNC(=O)[C@@H](C)NC(=O)[C@H]([NH3+])Cc1ccc(O)cc1)C(C)C. The summed E-state index contributed by atoms with van der Waals surface area (Å²) in [5.74, 6) is -2.13. The van der Waals surface area contributed by atoms with Crippen LogP contribution in [0.2, 0.25) is 0 Å². The van der Waals surface area contributed by atoms with E-state index in [1.807, 2.05) is 0 Å². The molecule has 0 heterocycles. The Hall–Kier alpha value is -3.14. The first-order valence-electron chi connectivity index (χ1n) is 9.61. The zero-order chi connectivity index (χ0) is 22.8. The molecule has 10 heteroatoms. The van der Waals surface area contributed by atoms with Crippen molar-refractivity contribution in [2.45, 2.75) is 45.3 Å². The Bertz CT molecular complexity index is 750. The number of amides is 3. The number of hydrogen-bond donors (Lipinski definition) is 5. The molecular formula is C20H31N4O6+. The summed E-state index contributed by atoms with van der Waals surface area (Å²) in [5, 5.41) is 16.8. The van der Waals surface area contributed by atoms with Crippen molar-refractivity contribution in [3.8, 4) is 5.75 Å². The Balaban J connectivity index is 2.47. The van der Waals surface area contributed by atoms with E-state index in [2.05, 4.69) is 26.4 Å². The molecule has 10 nitrogen and oxygen atoms in total. The molecule has 0 fully saturated rings. The lowest BCUT2D eigenvalue weighted by molar-refractivity contribution is -0.403. The lowest BCUT2D eigenvalue weighted by atomic mass is 10.0. The van der Waals surface area contributed by atoms with Crippen molar-refractivity contribution >= 4 is 23.7 Å². The number of quaternary nitrogens is 1. The first-order valence-corrected chi connectivity index (χ1v) is 9.61. The Morgan fingerprint density at radius 3 is 2.17 bits per heavy atom. The van der Waals surface area contributed by atoms with Crippen LogP contribution in [0.5, 0.6) is 5.75 Å². The van der Waals surface area contributed by atoms with Gasteiger partial charge < -0.3 is 31.5 Å². The molecule has 0 bridgehead atoms. The van der Waals surface area contributed by atoms with E-state index in [1.165, 1.54) is 26.2 Å². The Morgan fingerprint density at radius 1 is 1.03 bits per heavy atom. The number of phenols is 1. The van der Waals surface area contributed by atoms with Gasteiger partial charge in [-0.25, -0.2) is 4.79 Å². The lowest BCUT2D eigenvalue weighted by Crippen LogP contribution is -2.69. The van der Waals surface area contributed by atoms with Gasteiger partial charge in [-0.1, -0.05) is 26.0 Å². The van der Waals surface area contributed by atoms with Gasteiger partial charge in [0.25, 0.3) is 5.91 Å². The molecule has 0 aliphatic carbocycles. The molecule has 1 rings (SSSR count). The van der Waals surface area contributed by atoms with Gasteiger partial charge in [0.15, 0.2) is 6.04 Å². The van der Waals surface area contributed by atoms with Crippen molar-refractivity contribution in [2.24, 2.45) is 5.92 Å². The van der Waals surface area contributed by atoms with Crippen molar-refractivity contribution in [3.63, 3.8) is 0 Å². The maximum Gasteiger partial charge on any atom is 0.328 e. The molecule has 0 radical (unpaired) electrons. The van der Waals surface area contributed by atoms with Crippen LogP contribution in [0.15, 0.2) is 24.3 Å². The van der Waals surface area contributed by atoms with Gasteiger partial charge in [0.1, 0.15) is 17.8 Å². The monoisotopic (exact) mass is 423 g/mol. The minimum Gasteiger partial charge on any atom is -0.508 e. The highest BCUT2D eigenvalue weighted by Crippen LogP contribution is 2.10. The molecule has 3 atom stereocenters. The summed E-state index contributed by atoms with van der Waals surface area (Å²) >= 11 is 0. The number of esters is 1. The van der Waals surface area contributed by atoms with E-state index in [4.69, 9.17) is 0 Å². The number of hydrogen-bond acceptors (Lipinski definition) is 6. The highest BCUT2D eigenvalue weighted by Gasteiger charge is 2.26. The molecule has 3 amide bonds. The third-order valence-corrected chi connectivity index (χ3v) is 4.40. The third-order valence-electron chi connectivity index (χ3n) is 4.40. The molecule has 0 saturated heterocycles. The van der Waals surface area contributed by atoms with Crippen LogP contribution in [0.3, 0.4) is 0 Å². The molecule has 0 aromatic heterocycles. The molecule has 1 aromatic rings. The van der Waals surface area contributed by atoms with Crippen LogP contribution in [0.4, 0.5) is 0 Å². The van der Waals surface area contributed by atoms with Gasteiger partial charge in [-0.15, -0.1) is 0 Å². The summed E-state index contributed by atoms with van der Waals surface area (Å²) in [7, 11) is 1.23. The molecule has 0 unspecified atom stereocenters. The average Bonchev–Trinajstić information content (AvgIpc) is 2.70. The fourth-order valence-electron chi connectivity index (χ4n) is 2.58. The normalized spacial score (nSPS) is 13.7. The topological polar surface area (TPSA) is 161 Å². The van der Waals surface area contributed by atoms with Crippen molar-refractivity contribution in [1.29, 1.82) is 0 Å². The summed E-state index contributed by atoms with van der Waals surface area (Å²) in [5.41, 5.74) is 4.62. The maximum absolute atomic E-state index is 12.3. The van der Waals surface area contributed by atoms with Crippen LogP contribution < -0.4 is 21.7 Å². The van der Waals surface area contributed by atoms with Gasteiger partial charge in [-0.2, -0.15) is 0 Å². The molecule has 0 spiro atoms. The standard InChI is InChI=1S/C20H30N4O6/c1-11(2)17(20(29)30-4)24-16(26)10-22-18(27)12(3)23-19(28)15(21)9-13-5-7-14(25)8-6-13/h5-8,11-12,15,17,25H,9-10,21H2,1-4H3,(H,22,27)(H,23,28)(H,24,26)/p+1/t12-,15-,17+/m1/s1. The van der Waals surface area contributed by atoms with E-state index in [1.54, 1.807) is 26.0 Å².